The molecule has 0 bridgehead atoms. The maximum absolute atomic E-state index is 13.3. The van der Waals surface area contributed by atoms with Gasteiger partial charge in [-0.1, -0.05) is 123 Å². The molecule has 0 aromatic heterocycles. The van der Waals surface area contributed by atoms with Crippen LogP contribution in [0.1, 0.15) is 31.4 Å². The van der Waals surface area contributed by atoms with Gasteiger partial charge in [-0.3, -0.25) is 4.79 Å². The van der Waals surface area contributed by atoms with Crippen LogP contribution >= 0.6 is 0 Å². The summed E-state index contributed by atoms with van der Waals surface area (Å²) in [7, 11) is 0. The van der Waals surface area contributed by atoms with Crippen molar-refractivity contribution in [2.45, 2.75) is 39.2 Å². The third-order valence-corrected chi connectivity index (χ3v) is 7.60. The highest BCUT2D eigenvalue weighted by Gasteiger charge is 2.28. The summed E-state index contributed by atoms with van der Waals surface area (Å²) in [6, 6.07) is 33.9. The average Bonchev–Trinajstić information content (AvgIpc) is 3.03. The minimum Gasteiger partial charge on any atom is -0.481 e. The van der Waals surface area contributed by atoms with Crippen molar-refractivity contribution < 1.29 is 24.6 Å². The zero-order chi connectivity index (χ0) is 31.5. The lowest BCUT2D eigenvalue weighted by Crippen LogP contribution is -2.51. The molecule has 7 heteroatoms. The number of carbonyl (C=O) groups is 3. The number of nitrogens with zero attached hydrogens (tertiary/aromatic N) is 1. The van der Waals surface area contributed by atoms with E-state index in [9.17, 15) is 24.6 Å². The number of hydrogen-bond donors (Lipinski definition) is 3. The van der Waals surface area contributed by atoms with Crippen molar-refractivity contribution in [1.29, 1.82) is 0 Å². The van der Waals surface area contributed by atoms with Crippen LogP contribution in [0.25, 0.3) is 22.3 Å². The highest BCUT2D eigenvalue weighted by molar-refractivity contribution is 5.83. The molecule has 0 heterocycles. The van der Waals surface area contributed by atoms with Crippen molar-refractivity contribution in [3.63, 3.8) is 0 Å². The molecule has 0 fully saturated rings. The summed E-state index contributed by atoms with van der Waals surface area (Å²) < 4.78 is 0. The van der Waals surface area contributed by atoms with E-state index in [4.69, 9.17) is 0 Å². The largest absolute Gasteiger partial charge is 0.481 e. The summed E-state index contributed by atoms with van der Waals surface area (Å²) in [6.07, 6.45) is 1.03. The third-order valence-electron chi connectivity index (χ3n) is 7.60. The van der Waals surface area contributed by atoms with Gasteiger partial charge in [0.25, 0.3) is 0 Å². The summed E-state index contributed by atoms with van der Waals surface area (Å²) in [5.74, 6) is -2.84. The van der Waals surface area contributed by atoms with Gasteiger partial charge in [0, 0.05) is 19.5 Å². The molecule has 228 valence electrons. The smallest absolute Gasteiger partial charge is 0.326 e. The monoisotopic (exact) mass is 592 g/mol. The highest BCUT2D eigenvalue weighted by atomic mass is 16.4. The minimum atomic E-state index is -1.17. The summed E-state index contributed by atoms with van der Waals surface area (Å²) >= 11 is 0. The predicted molar refractivity (Wildman–Crippen MR) is 173 cm³/mol. The molecule has 4 aromatic rings. The molecule has 7 nitrogen and oxygen atoms in total. The second-order valence-corrected chi connectivity index (χ2v) is 11.5. The highest BCUT2D eigenvalue weighted by Crippen LogP contribution is 2.25. The maximum atomic E-state index is 13.3. The normalized spacial score (nSPS) is 12.3. The molecule has 0 aliphatic rings. The Kier molecular flexibility index (Phi) is 11.3. The second kappa shape index (κ2) is 15.5. The average molecular weight is 593 g/mol. The van der Waals surface area contributed by atoms with Crippen molar-refractivity contribution in [2.24, 2.45) is 11.8 Å². The lowest BCUT2D eigenvalue weighted by molar-refractivity contribution is -0.142. The summed E-state index contributed by atoms with van der Waals surface area (Å²) in [5.41, 5.74) is 6.12. The van der Waals surface area contributed by atoms with Crippen LogP contribution in [0.2, 0.25) is 0 Å². The number of carboxylic acid groups (broad SMARTS) is 2. The fourth-order valence-corrected chi connectivity index (χ4v) is 5.22. The molecule has 0 saturated carbocycles. The molecule has 0 saturated heterocycles. The molecule has 0 aliphatic heterocycles. The fraction of sp³-hybridized carbons (Fsp3) is 0.270. The van der Waals surface area contributed by atoms with Gasteiger partial charge in [-0.2, -0.15) is 0 Å². The Balaban J connectivity index is 1.40. The molecule has 1 unspecified atom stereocenters. The second-order valence-electron chi connectivity index (χ2n) is 11.5. The number of carbonyl (C=O) groups excluding carboxylic acids is 1. The zero-order valence-corrected chi connectivity index (χ0v) is 25.2. The Morgan fingerprint density at radius 1 is 0.636 bits per heavy atom. The Labute approximate surface area is 259 Å². The first-order valence-electron chi connectivity index (χ1n) is 15.0. The summed E-state index contributed by atoms with van der Waals surface area (Å²) in [4.78, 5) is 39.1. The van der Waals surface area contributed by atoms with E-state index in [1.54, 1.807) is 0 Å². The lowest BCUT2D eigenvalue weighted by Gasteiger charge is -2.29. The van der Waals surface area contributed by atoms with E-state index in [1.807, 2.05) is 86.6 Å². The van der Waals surface area contributed by atoms with Crippen molar-refractivity contribution in [3.8, 4) is 22.3 Å². The van der Waals surface area contributed by atoms with Gasteiger partial charge >= 0.3 is 18.0 Å². The molecule has 4 rings (SSSR count). The fourth-order valence-electron chi connectivity index (χ4n) is 5.22. The molecular formula is C37H40N2O5. The van der Waals surface area contributed by atoms with Crippen LogP contribution in [0.3, 0.4) is 0 Å². The van der Waals surface area contributed by atoms with E-state index in [0.717, 1.165) is 33.4 Å². The van der Waals surface area contributed by atoms with Crippen LogP contribution in [-0.2, 0) is 22.4 Å². The van der Waals surface area contributed by atoms with Gasteiger partial charge in [0.05, 0.1) is 5.92 Å². The quantitative estimate of drug-likeness (QED) is 0.146. The molecular weight excluding hydrogens is 552 g/mol. The number of urea groups is 1. The Morgan fingerprint density at radius 2 is 1.14 bits per heavy atom. The van der Waals surface area contributed by atoms with Gasteiger partial charge in [0.2, 0.25) is 0 Å². The molecule has 0 spiro atoms. The Morgan fingerprint density at radius 3 is 1.64 bits per heavy atom. The molecule has 4 aromatic carbocycles. The Bertz CT molecular complexity index is 1500. The molecule has 2 amide bonds. The standard InChI is InChI=1S/C37H40N2O5/c1-26(2)24-39(25-33(35(40)41)18-13-27-9-5-3-6-10-27)37(44)38-34(36(42)43)23-28-14-16-30(17-15-28)32-21-19-31(20-22-32)29-11-7-4-8-12-29/h3-12,14-17,19-22,26,33-34H,13,18,23-25H2,1-2H3,(H,38,44)(H,40,41)(H,42,43)/t33?,34-/m0/s1. The van der Waals surface area contributed by atoms with Gasteiger partial charge in [-0.15, -0.1) is 0 Å². The van der Waals surface area contributed by atoms with Crippen LogP contribution in [0.4, 0.5) is 4.79 Å². The van der Waals surface area contributed by atoms with Crippen LogP contribution in [0.15, 0.2) is 109 Å². The number of rotatable bonds is 14. The SMILES string of the molecule is CC(C)CN(CC(CCc1ccccc1)C(=O)O)C(=O)N[C@@H](Cc1ccc(-c2ccc(-c3ccccc3)cc2)cc1)C(=O)O. The van der Waals surface area contributed by atoms with Gasteiger partial charge in [-0.25, -0.2) is 9.59 Å². The van der Waals surface area contributed by atoms with Gasteiger partial charge in [-0.05, 0) is 52.1 Å². The van der Waals surface area contributed by atoms with Crippen LogP contribution in [0.5, 0.6) is 0 Å². The van der Waals surface area contributed by atoms with E-state index in [0.29, 0.717) is 19.4 Å². The number of amides is 2. The zero-order valence-electron chi connectivity index (χ0n) is 25.2. The molecule has 3 N–H and O–H groups in total. The topological polar surface area (TPSA) is 107 Å². The number of nitrogens with one attached hydrogen (secondary N) is 1. The molecule has 44 heavy (non-hydrogen) atoms. The summed E-state index contributed by atoms with van der Waals surface area (Å²) in [6.45, 7) is 4.18. The van der Waals surface area contributed by atoms with E-state index in [-0.39, 0.29) is 18.9 Å². The maximum Gasteiger partial charge on any atom is 0.326 e. The van der Waals surface area contributed by atoms with Crippen molar-refractivity contribution >= 4 is 18.0 Å². The number of aliphatic carboxylic acids is 2. The van der Waals surface area contributed by atoms with Gasteiger partial charge in [0.15, 0.2) is 0 Å². The van der Waals surface area contributed by atoms with Crippen molar-refractivity contribution in [2.75, 3.05) is 13.1 Å². The molecule has 2 atom stereocenters. The predicted octanol–water partition coefficient (Wildman–Crippen LogP) is 7.02. The van der Waals surface area contributed by atoms with E-state index in [1.165, 1.54) is 4.90 Å². The van der Waals surface area contributed by atoms with Crippen LogP contribution in [-0.4, -0.2) is 52.2 Å². The van der Waals surface area contributed by atoms with Crippen LogP contribution < -0.4 is 5.32 Å². The van der Waals surface area contributed by atoms with Gasteiger partial charge in [0.1, 0.15) is 6.04 Å². The minimum absolute atomic E-state index is 0.00369. The first kappa shape index (κ1) is 32.0. The van der Waals surface area contributed by atoms with E-state index >= 15 is 0 Å². The lowest BCUT2D eigenvalue weighted by atomic mass is 9.98. The molecule has 0 aliphatic carbocycles. The van der Waals surface area contributed by atoms with Crippen LogP contribution in [0, 0.1) is 11.8 Å². The third kappa shape index (κ3) is 9.30. The van der Waals surface area contributed by atoms with Crippen molar-refractivity contribution in [3.05, 3.63) is 120 Å². The first-order valence-corrected chi connectivity index (χ1v) is 15.0. The number of aryl methyl sites for hydroxylation is 1. The first-order chi connectivity index (χ1) is 21.2. The number of hydrogen-bond acceptors (Lipinski definition) is 3. The van der Waals surface area contributed by atoms with E-state index < -0.39 is 29.9 Å². The molecule has 0 radical (unpaired) electrons. The summed E-state index contributed by atoms with van der Waals surface area (Å²) in [5, 5.41) is 22.5. The number of carboxylic acids is 2. The van der Waals surface area contributed by atoms with E-state index in [2.05, 4.69) is 41.7 Å². The number of benzene rings is 4. The van der Waals surface area contributed by atoms with Crippen molar-refractivity contribution in [1.82, 2.24) is 10.2 Å². The van der Waals surface area contributed by atoms with Gasteiger partial charge < -0.3 is 20.4 Å². The Hall–Kier alpha value is -4.91.